The molecule has 0 amide bonds. The minimum atomic E-state index is -0.466. The van der Waals surface area contributed by atoms with E-state index in [1.165, 1.54) is 41.1 Å². The standard InChI is InChI=1S/C13H8BrF2N5/c14-10-3-1-8(16)6-12(10)21-13(18-19-20-21)9-5-7(15)2-4-11(9)17/h1-6H,17H2. The fraction of sp³-hybridized carbons (Fsp3) is 0. The normalized spacial score (nSPS) is 10.8. The Hall–Kier alpha value is -2.35. The number of nitrogens with two attached hydrogens (primary N) is 1. The van der Waals surface area contributed by atoms with Crippen molar-refractivity contribution in [3.05, 3.63) is 52.5 Å². The molecule has 0 radical (unpaired) electrons. The van der Waals surface area contributed by atoms with E-state index in [2.05, 4.69) is 31.5 Å². The van der Waals surface area contributed by atoms with Gasteiger partial charge in [-0.1, -0.05) is 0 Å². The zero-order valence-corrected chi connectivity index (χ0v) is 12.1. The van der Waals surface area contributed by atoms with Crippen molar-refractivity contribution in [2.24, 2.45) is 0 Å². The summed E-state index contributed by atoms with van der Waals surface area (Å²) in [5.74, 6) is -0.688. The molecule has 8 heteroatoms. The van der Waals surface area contributed by atoms with Crippen molar-refractivity contribution in [2.45, 2.75) is 0 Å². The molecule has 0 saturated heterocycles. The van der Waals surface area contributed by atoms with Crippen molar-refractivity contribution in [2.75, 3.05) is 5.73 Å². The molecule has 0 fully saturated rings. The van der Waals surface area contributed by atoms with Gasteiger partial charge in [0, 0.05) is 21.8 Å². The Labute approximate surface area is 126 Å². The third kappa shape index (κ3) is 2.49. The van der Waals surface area contributed by atoms with Crippen molar-refractivity contribution < 1.29 is 8.78 Å². The highest BCUT2D eigenvalue weighted by molar-refractivity contribution is 9.10. The number of halogens is 3. The van der Waals surface area contributed by atoms with E-state index in [4.69, 9.17) is 5.73 Å². The van der Waals surface area contributed by atoms with Gasteiger partial charge in [-0.25, -0.2) is 8.78 Å². The monoisotopic (exact) mass is 351 g/mol. The van der Waals surface area contributed by atoms with E-state index in [-0.39, 0.29) is 5.82 Å². The van der Waals surface area contributed by atoms with Gasteiger partial charge in [0.05, 0.1) is 5.69 Å². The van der Waals surface area contributed by atoms with Gasteiger partial charge < -0.3 is 5.73 Å². The molecule has 0 aliphatic carbocycles. The van der Waals surface area contributed by atoms with Gasteiger partial charge in [-0.05, 0) is 56.7 Å². The zero-order chi connectivity index (χ0) is 15.0. The molecule has 1 heterocycles. The maximum atomic E-state index is 13.4. The lowest BCUT2D eigenvalue weighted by molar-refractivity contribution is 0.624. The molecule has 0 atom stereocenters. The Morgan fingerprint density at radius 1 is 1.05 bits per heavy atom. The molecule has 3 rings (SSSR count). The lowest BCUT2D eigenvalue weighted by Crippen LogP contribution is -2.03. The number of nitrogen functional groups attached to an aromatic ring is 1. The quantitative estimate of drug-likeness (QED) is 0.720. The molecule has 0 aliphatic heterocycles. The Morgan fingerprint density at radius 2 is 1.76 bits per heavy atom. The second-order valence-corrected chi connectivity index (χ2v) is 5.10. The average molecular weight is 352 g/mol. The summed E-state index contributed by atoms with van der Waals surface area (Å²) < 4.78 is 28.7. The highest BCUT2D eigenvalue weighted by atomic mass is 79.9. The Bertz CT molecular complexity index is 752. The fourth-order valence-corrected chi connectivity index (χ4v) is 2.30. The van der Waals surface area contributed by atoms with E-state index in [9.17, 15) is 8.78 Å². The van der Waals surface area contributed by atoms with Crippen molar-refractivity contribution in [3.63, 3.8) is 0 Å². The van der Waals surface area contributed by atoms with Gasteiger partial charge in [-0.15, -0.1) is 5.10 Å². The summed E-state index contributed by atoms with van der Waals surface area (Å²) in [6, 6.07) is 7.98. The first kappa shape index (κ1) is 13.6. The van der Waals surface area contributed by atoms with Crippen molar-refractivity contribution in [1.82, 2.24) is 20.2 Å². The molecule has 1 aromatic heterocycles. The predicted molar refractivity (Wildman–Crippen MR) is 76.6 cm³/mol. The topological polar surface area (TPSA) is 69.6 Å². The fourth-order valence-electron chi connectivity index (χ4n) is 1.89. The molecule has 21 heavy (non-hydrogen) atoms. The number of aromatic nitrogens is 4. The van der Waals surface area contributed by atoms with Crippen LogP contribution < -0.4 is 5.73 Å². The molecule has 0 bridgehead atoms. The largest absolute Gasteiger partial charge is 0.398 e. The van der Waals surface area contributed by atoms with Crippen molar-refractivity contribution >= 4 is 21.6 Å². The first-order chi connectivity index (χ1) is 10.1. The average Bonchev–Trinajstić information content (AvgIpc) is 2.93. The van der Waals surface area contributed by atoms with Crippen LogP contribution in [0.1, 0.15) is 0 Å². The van der Waals surface area contributed by atoms with Crippen LogP contribution in [0.15, 0.2) is 40.9 Å². The summed E-state index contributed by atoms with van der Waals surface area (Å²) in [6.45, 7) is 0. The van der Waals surface area contributed by atoms with Gasteiger partial charge in [0.25, 0.3) is 0 Å². The van der Waals surface area contributed by atoms with Gasteiger partial charge in [0.1, 0.15) is 11.6 Å². The van der Waals surface area contributed by atoms with Gasteiger partial charge in [-0.3, -0.25) is 0 Å². The minimum Gasteiger partial charge on any atom is -0.398 e. The van der Waals surface area contributed by atoms with Crippen LogP contribution in [0.5, 0.6) is 0 Å². The number of benzene rings is 2. The maximum Gasteiger partial charge on any atom is 0.189 e. The minimum absolute atomic E-state index is 0.221. The highest BCUT2D eigenvalue weighted by Gasteiger charge is 2.16. The van der Waals surface area contributed by atoms with Crippen LogP contribution in [0, 0.1) is 11.6 Å². The first-order valence-electron chi connectivity index (χ1n) is 5.85. The Morgan fingerprint density at radius 3 is 2.57 bits per heavy atom. The molecule has 3 aromatic rings. The molecule has 0 aliphatic rings. The van der Waals surface area contributed by atoms with E-state index in [1.54, 1.807) is 0 Å². The second kappa shape index (κ2) is 5.21. The van der Waals surface area contributed by atoms with Crippen molar-refractivity contribution in [1.29, 1.82) is 0 Å². The van der Waals surface area contributed by atoms with E-state index in [0.717, 1.165) is 0 Å². The van der Waals surface area contributed by atoms with Crippen LogP contribution in [0.3, 0.4) is 0 Å². The SMILES string of the molecule is Nc1ccc(F)cc1-c1nnnn1-c1cc(F)ccc1Br. The molecular formula is C13H8BrF2N5. The summed E-state index contributed by atoms with van der Waals surface area (Å²) >= 11 is 3.30. The van der Waals surface area contributed by atoms with E-state index >= 15 is 0 Å². The molecule has 0 saturated carbocycles. The third-order valence-corrected chi connectivity index (χ3v) is 3.53. The highest BCUT2D eigenvalue weighted by Crippen LogP contribution is 2.29. The molecular weight excluding hydrogens is 344 g/mol. The first-order valence-corrected chi connectivity index (χ1v) is 6.65. The Balaban J connectivity index is 2.22. The van der Waals surface area contributed by atoms with E-state index in [0.29, 0.717) is 21.4 Å². The third-order valence-electron chi connectivity index (χ3n) is 2.86. The van der Waals surface area contributed by atoms with Crippen LogP contribution in [-0.2, 0) is 0 Å². The van der Waals surface area contributed by atoms with E-state index < -0.39 is 11.6 Å². The molecule has 2 aromatic carbocycles. The number of nitrogens with zero attached hydrogens (tertiary/aromatic N) is 4. The molecule has 2 N–H and O–H groups in total. The summed E-state index contributed by atoms with van der Waals surface area (Å²) in [4.78, 5) is 0. The number of hydrogen-bond donors (Lipinski definition) is 1. The second-order valence-electron chi connectivity index (χ2n) is 4.24. The van der Waals surface area contributed by atoms with Gasteiger partial charge in [0.15, 0.2) is 5.82 Å². The number of tetrazole rings is 1. The number of rotatable bonds is 2. The van der Waals surface area contributed by atoms with Crippen LogP contribution in [0.4, 0.5) is 14.5 Å². The number of anilines is 1. The van der Waals surface area contributed by atoms with Crippen LogP contribution >= 0.6 is 15.9 Å². The molecule has 106 valence electrons. The number of hydrogen-bond acceptors (Lipinski definition) is 4. The maximum absolute atomic E-state index is 13.4. The summed E-state index contributed by atoms with van der Waals surface area (Å²) in [6.07, 6.45) is 0. The smallest absolute Gasteiger partial charge is 0.189 e. The lowest BCUT2D eigenvalue weighted by Gasteiger charge is -2.08. The Kier molecular flexibility index (Phi) is 3.38. The van der Waals surface area contributed by atoms with Crippen LogP contribution in [0.25, 0.3) is 17.1 Å². The molecule has 0 unspecified atom stereocenters. The summed E-state index contributed by atoms with van der Waals surface area (Å²) in [7, 11) is 0. The van der Waals surface area contributed by atoms with Gasteiger partial charge in [0.2, 0.25) is 0 Å². The van der Waals surface area contributed by atoms with Gasteiger partial charge in [-0.2, -0.15) is 4.68 Å². The predicted octanol–water partition coefficient (Wildman–Crippen LogP) is 2.95. The lowest BCUT2D eigenvalue weighted by atomic mass is 10.1. The van der Waals surface area contributed by atoms with Crippen LogP contribution in [-0.4, -0.2) is 20.2 Å². The molecule has 5 nitrogen and oxygen atoms in total. The van der Waals surface area contributed by atoms with Crippen molar-refractivity contribution in [3.8, 4) is 17.1 Å². The van der Waals surface area contributed by atoms with Crippen LogP contribution in [0.2, 0.25) is 0 Å². The van der Waals surface area contributed by atoms with Gasteiger partial charge >= 0.3 is 0 Å². The zero-order valence-electron chi connectivity index (χ0n) is 10.5. The summed E-state index contributed by atoms with van der Waals surface area (Å²) in [5.41, 5.74) is 6.87. The molecule has 0 spiro atoms. The summed E-state index contributed by atoms with van der Waals surface area (Å²) in [5, 5.41) is 11.2. The van der Waals surface area contributed by atoms with E-state index in [1.807, 2.05) is 0 Å².